The molecule has 0 radical (unpaired) electrons. The SMILES string of the molecule is CCN(Cc1cccc(Br)c1)C(=O)C1CC12CCNCC2. The third-order valence-corrected chi connectivity index (χ3v) is 5.54. The van der Waals surface area contributed by atoms with E-state index in [1.165, 1.54) is 5.56 Å². The van der Waals surface area contributed by atoms with Gasteiger partial charge in [-0.25, -0.2) is 0 Å². The maximum atomic E-state index is 12.8. The van der Waals surface area contributed by atoms with Gasteiger partial charge in [-0.3, -0.25) is 4.79 Å². The third kappa shape index (κ3) is 3.16. The Hall–Kier alpha value is -0.870. The molecule has 1 aliphatic carbocycles. The number of carbonyl (C=O) groups is 1. The van der Waals surface area contributed by atoms with Crippen molar-refractivity contribution in [1.82, 2.24) is 10.2 Å². The zero-order valence-corrected chi connectivity index (χ0v) is 14.2. The molecule has 1 aromatic carbocycles. The van der Waals surface area contributed by atoms with Crippen LogP contribution in [0.3, 0.4) is 0 Å². The van der Waals surface area contributed by atoms with E-state index in [4.69, 9.17) is 0 Å². The summed E-state index contributed by atoms with van der Waals surface area (Å²) in [5, 5.41) is 3.40. The second kappa shape index (κ2) is 6.09. The summed E-state index contributed by atoms with van der Waals surface area (Å²) in [6, 6.07) is 8.24. The zero-order chi connectivity index (χ0) is 14.9. The topological polar surface area (TPSA) is 32.3 Å². The monoisotopic (exact) mass is 350 g/mol. The Kier molecular flexibility index (Phi) is 4.36. The number of rotatable bonds is 4. The molecule has 2 fully saturated rings. The minimum atomic E-state index is 0.270. The van der Waals surface area contributed by atoms with Crippen molar-refractivity contribution in [1.29, 1.82) is 0 Å². The number of nitrogens with one attached hydrogen (secondary N) is 1. The van der Waals surface area contributed by atoms with Crippen LogP contribution in [0.1, 0.15) is 31.7 Å². The molecule has 1 amide bonds. The van der Waals surface area contributed by atoms with Gasteiger partial charge >= 0.3 is 0 Å². The van der Waals surface area contributed by atoms with Gasteiger partial charge in [0, 0.05) is 23.5 Å². The number of nitrogens with zero attached hydrogens (tertiary/aromatic N) is 1. The number of halogens is 1. The Morgan fingerprint density at radius 1 is 1.43 bits per heavy atom. The van der Waals surface area contributed by atoms with Gasteiger partial charge in [0.2, 0.25) is 5.91 Å². The molecular weight excluding hydrogens is 328 g/mol. The zero-order valence-electron chi connectivity index (χ0n) is 12.6. The molecule has 3 rings (SSSR count). The predicted molar refractivity (Wildman–Crippen MR) is 87.9 cm³/mol. The molecule has 1 atom stereocenters. The van der Waals surface area contributed by atoms with Crippen molar-refractivity contribution in [2.24, 2.45) is 11.3 Å². The molecule has 1 unspecified atom stereocenters. The highest BCUT2D eigenvalue weighted by Crippen LogP contribution is 2.59. The summed E-state index contributed by atoms with van der Waals surface area (Å²) in [5.74, 6) is 0.631. The number of piperidine rings is 1. The van der Waals surface area contributed by atoms with Crippen LogP contribution in [0, 0.1) is 11.3 Å². The molecular formula is C17H23BrN2O. The van der Waals surface area contributed by atoms with Crippen LogP contribution in [0.15, 0.2) is 28.7 Å². The molecule has 1 saturated heterocycles. The summed E-state index contributed by atoms with van der Waals surface area (Å²) < 4.78 is 1.07. The fourth-order valence-corrected chi connectivity index (χ4v) is 4.04. The van der Waals surface area contributed by atoms with E-state index in [0.717, 1.165) is 49.9 Å². The minimum absolute atomic E-state index is 0.270. The first-order valence-electron chi connectivity index (χ1n) is 7.88. The fourth-order valence-electron chi connectivity index (χ4n) is 3.60. The van der Waals surface area contributed by atoms with Crippen molar-refractivity contribution >= 4 is 21.8 Å². The van der Waals surface area contributed by atoms with Crippen molar-refractivity contribution in [3.05, 3.63) is 34.3 Å². The van der Waals surface area contributed by atoms with E-state index < -0.39 is 0 Å². The molecule has 114 valence electrons. The molecule has 1 spiro atoms. The van der Waals surface area contributed by atoms with Gasteiger partial charge in [0.05, 0.1) is 0 Å². The Balaban J connectivity index is 1.65. The van der Waals surface area contributed by atoms with Gasteiger partial charge in [0.25, 0.3) is 0 Å². The van der Waals surface area contributed by atoms with Gasteiger partial charge in [0.1, 0.15) is 0 Å². The van der Waals surface area contributed by atoms with Crippen LogP contribution in [0.2, 0.25) is 0 Å². The van der Waals surface area contributed by atoms with Crippen molar-refractivity contribution in [2.75, 3.05) is 19.6 Å². The van der Waals surface area contributed by atoms with Crippen LogP contribution in [0.4, 0.5) is 0 Å². The van der Waals surface area contributed by atoms with Crippen molar-refractivity contribution in [2.45, 2.75) is 32.7 Å². The molecule has 1 aliphatic heterocycles. The molecule has 1 heterocycles. The maximum Gasteiger partial charge on any atom is 0.226 e. The molecule has 0 bridgehead atoms. The van der Waals surface area contributed by atoms with E-state index in [1.807, 2.05) is 17.0 Å². The van der Waals surface area contributed by atoms with E-state index in [1.54, 1.807) is 0 Å². The summed E-state index contributed by atoms with van der Waals surface area (Å²) in [6.45, 7) is 5.73. The van der Waals surface area contributed by atoms with Crippen LogP contribution < -0.4 is 5.32 Å². The summed E-state index contributed by atoms with van der Waals surface area (Å²) in [5.41, 5.74) is 1.52. The normalized spacial score (nSPS) is 23.0. The van der Waals surface area contributed by atoms with E-state index in [0.29, 0.717) is 11.3 Å². The Morgan fingerprint density at radius 3 is 2.86 bits per heavy atom. The highest BCUT2D eigenvalue weighted by molar-refractivity contribution is 9.10. The molecule has 3 nitrogen and oxygen atoms in total. The first-order valence-corrected chi connectivity index (χ1v) is 8.68. The van der Waals surface area contributed by atoms with Gasteiger partial charge in [-0.05, 0) is 62.4 Å². The van der Waals surface area contributed by atoms with Gasteiger partial charge in [-0.1, -0.05) is 28.1 Å². The highest BCUT2D eigenvalue weighted by atomic mass is 79.9. The lowest BCUT2D eigenvalue weighted by atomic mass is 9.91. The van der Waals surface area contributed by atoms with E-state index in [9.17, 15) is 4.79 Å². The average molecular weight is 351 g/mol. The van der Waals surface area contributed by atoms with E-state index >= 15 is 0 Å². The summed E-state index contributed by atoms with van der Waals surface area (Å²) >= 11 is 3.50. The van der Waals surface area contributed by atoms with Crippen LogP contribution in [0.5, 0.6) is 0 Å². The van der Waals surface area contributed by atoms with Crippen LogP contribution in [0.25, 0.3) is 0 Å². The Labute approximate surface area is 135 Å². The fraction of sp³-hybridized carbons (Fsp3) is 0.588. The summed E-state index contributed by atoms with van der Waals surface area (Å²) in [7, 11) is 0. The first-order chi connectivity index (χ1) is 10.1. The predicted octanol–water partition coefficient (Wildman–Crippen LogP) is 3.19. The summed E-state index contributed by atoms with van der Waals surface area (Å²) in [6.07, 6.45) is 3.43. The molecule has 1 aromatic rings. The van der Waals surface area contributed by atoms with Crippen LogP contribution in [-0.4, -0.2) is 30.4 Å². The number of hydrogen-bond donors (Lipinski definition) is 1. The minimum Gasteiger partial charge on any atom is -0.338 e. The largest absolute Gasteiger partial charge is 0.338 e. The maximum absolute atomic E-state index is 12.8. The average Bonchev–Trinajstić information content (AvgIpc) is 3.18. The van der Waals surface area contributed by atoms with E-state index in [2.05, 4.69) is 40.3 Å². The second-order valence-electron chi connectivity index (χ2n) is 6.35. The molecule has 0 aromatic heterocycles. The molecule has 21 heavy (non-hydrogen) atoms. The molecule has 4 heteroatoms. The second-order valence-corrected chi connectivity index (χ2v) is 7.27. The van der Waals surface area contributed by atoms with Gasteiger partial charge < -0.3 is 10.2 Å². The lowest BCUT2D eigenvalue weighted by molar-refractivity contribution is -0.134. The van der Waals surface area contributed by atoms with Crippen molar-refractivity contribution in [3.63, 3.8) is 0 Å². The number of benzene rings is 1. The van der Waals surface area contributed by atoms with Crippen LogP contribution >= 0.6 is 15.9 Å². The lowest BCUT2D eigenvalue weighted by Gasteiger charge is -2.26. The quantitative estimate of drug-likeness (QED) is 0.904. The van der Waals surface area contributed by atoms with Crippen molar-refractivity contribution in [3.8, 4) is 0 Å². The Morgan fingerprint density at radius 2 is 2.19 bits per heavy atom. The van der Waals surface area contributed by atoms with Crippen LogP contribution in [-0.2, 0) is 11.3 Å². The van der Waals surface area contributed by atoms with E-state index in [-0.39, 0.29) is 5.92 Å². The first kappa shape index (κ1) is 15.0. The Bertz CT molecular complexity index is 525. The lowest BCUT2D eigenvalue weighted by Crippen LogP contribution is -2.36. The van der Waals surface area contributed by atoms with Gasteiger partial charge in [-0.2, -0.15) is 0 Å². The summed E-state index contributed by atoms with van der Waals surface area (Å²) in [4.78, 5) is 14.8. The molecule has 2 aliphatic rings. The third-order valence-electron chi connectivity index (χ3n) is 5.04. The smallest absolute Gasteiger partial charge is 0.226 e. The standard InChI is InChI=1S/C17H23BrN2O/c1-2-20(12-13-4-3-5-14(18)10-13)16(21)15-11-17(15)6-8-19-9-7-17/h3-5,10,15,19H,2,6-9,11-12H2,1H3. The van der Waals surface area contributed by atoms with Gasteiger partial charge in [-0.15, -0.1) is 0 Å². The number of hydrogen-bond acceptors (Lipinski definition) is 2. The van der Waals surface area contributed by atoms with Crippen molar-refractivity contribution < 1.29 is 4.79 Å². The van der Waals surface area contributed by atoms with Gasteiger partial charge in [0.15, 0.2) is 0 Å². The molecule has 1 N–H and O–H groups in total. The number of amides is 1. The number of carbonyl (C=O) groups excluding carboxylic acids is 1. The molecule has 1 saturated carbocycles. The highest BCUT2D eigenvalue weighted by Gasteiger charge is 2.58.